The van der Waals surface area contributed by atoms with E-state index in [1.54, 1.807) is 0 Å². The number of para-hydroxylation sites is 1. The molecular weight excluding hydrogens is 450 g/mol. The van der Waals surface area contributed by atoms with Gasteiger partial charge in [-0.05, 0) is 62.3 Å². The second-order valence-corrected chi connectivity index (χ2v) is 9.85. The number of fused-ring (bicyclic) bond motifs is 1. The maximum Gasteiger partial charge on any atom is 0.224 e. The molecule has 3 aromatic rings. The van der Waals surface area contributed by atoms with E-state index in [-0.39, 0.29) is 23.8 Å². The van der Waals surface area contributed by atoms with Gasteiger partial charge in [-0.1, -0.05) is 49.4 Å². The van der Waals surface area contributed by atoms with Crippen molar-refractivity contribution in [3.05, 3.63) is 71.4 Å². The molecule has 1 aromatic heterocycles. The number of carbonyl (C=O) groups excluding carboxylic acids is 2. The fourth-order valence-electron chi connectivity index (χ4n) is 5.48. The molecule has 1 saturated heterocycles. The third kappa shape index (κ3) is 4.87. The highest BCUT2D eigenvalue weighted by Crippen LogP contribution is 2.35. The minimum atomic E-state index is -0.0333. The maximum absolute atomic E-state index is 13.3. The summed E-state index contributed by atoms with van der Waals surface area (Å²) in [6.45, 7) is 5.23. The van der Waals surface area contributed by atoms with E-state index >= 15 is 0 Å². The lowest BCUT2D eigenvalue weighted by atomic mass is 9.87. The Morgan fingerprint density at radius 1 is 1.00 bits per heavy atom. The van der Waals surface area contributed by atoms with Crippen molar-refractivity contribution in [2.45, 2.75) is 58.4 Å². The van der Waals surface area contributed by atoms with Gasteiger partial charge in [-0.15, -0.1) is 0 Å². The van der Waals surface area contributed by atoms with Gasteiger partial charge in [0, 0.05) is 25.4 Å². The number of aromatic nitrogens is 2. The number of amides is 2. The van der Waals surface area contributed by atoms with E-state index in [4.69, 9.17) is 5.10 Å². The second-order valence-electron chi connectivity index (χ2n) is 9.85. The summed E-state index contributed by atoms with van der Waals surface area (Å²) in [5.74, 6) is 0.997. The number of nitrogens with zero attached hydrogens (tertiary/aromatic N) is 3. The molecule has 2 amide bonds. The van der Waals surface area contributed by atoms with Crippen LogP contribution in [-0.2, 0) is 16.0 Å². The number of rotatable bonds is 6. The third-order valence-electron chi connectivity index (χ3n) is 7.47. The zero-order valence-corrected chi connectivity index (χ0v) is 21.2. The molecule has 0 bridgehead atoms. The zero-order valence-electron chi connectivity index (χ0n) is 21.2. The van der Waals surface area contributed by atoms with Gasteiger partial charge in [-0.2, -0.15) is 5.10 Å². The topological polar surface area (TPSA) is 79.3 Å². The molecule has 0 radical (unpaired) electrons. The van der Waals surface area contributed by atoms with Crippen LogP contribution in [-0.4, -0.2) is 34.7 Å². The molecule has 36 heavy (non-hydrogen) atoms. The Morgan fingerprint density at radius 3 is 2.47 bits per heavy atom. The van der Waals surface area contributed by atoms with Crippen LogP contribution in [0.25, 0.3) is 5.69 Å². The van der Waals surface area contributed by atoms with Crippen LogP contribution < -0.4 is 15.5 Å². The van der Waals surface area contributed by atoms with Crippen molar-refractivity contribution in [1.82, 2.24) is 15.1 Å². The Morgan fingerprint density at radius 2 is 1.72 bits per heavy atom. The summed E-state index contributed by atoms with van der Waals surface area (Å²) in [5, 5.41) is 11.2. The lowest BCUT2D eigenvalue weighted by molar-refractivity contribution is -0.126. The number of nitrogens with one attached hydrogen (secondary N) is 2. The molecule has 2 aromatic carbocycles. The molecule has 0 unspecified atom stereocenters. The van der Waals surface area contributed by atoms with Crippen LogP contribution >= 0.6 is 0 Å². The monoisotopic (exact) mass is 485 g/mol. The summed E-state index contributed by atoms with van der Waals surface area (Å²) in [6, 6.07) is 18.6. The molecule has 1 atom stereocenters. The highest BCUT2D eigenvalue weighted by molar-refractivity contribution is 5.94. The molecule has 2 heterocycles. The van der Waals surface area contributed by atoms with E-state index in [2.05, 4.69) is 39.8 Å². The number of benzene rings is 2. The van der Waals surface area contributed by atoms with E-state index in [0.29, 0.717) is 6.42 Å². The Labute approximate surface area is 212 Å². The average molecular weight is 486 g/mol. The molecule has 0 spiro atoms. The SMILES string of the molecule is CCC(=O)Nc1c(C)nn(-c2ccccc2)c1N1CCC(C(=O)N[C@H]2CCCc3ccccc32)CC1. The quantitative estimate of drug-likeness (QED) is 0.518. The van der Waals surface area contributed by atoms with Gasteiger partial charge >= 0.3 is 0 Å². The number of carbonyl (C=O) groups is 2. The number of anilines is 2. The van der Waals surface area contributed by atoms with Gasteiger partial charge in [0.05, 0.1) is 17.4 Å². The van der Waals surface area contributed by atoms with Crippen LogP contribution in [0.15, 0.2) is 54.6 Å². The van der Waals surface area contributed by atoms with E-state index in [9.17, 15) is 9.59 Å². The average Bonchev–Trinajstić information content (AvgIpc) is 3.25. The summed E-state index contributed by atoms with van der Waals surface area (Å²) in [5.41, 5.74) is 5.12. The van der Waals surface area contributed by atoms with Gasteiger partial charge in [0.15, 0.2) is 5.82 Å². The van der Waals surface area contributed by atoms with Crippen molar-refractivity contribution in [3.8, 4) is 5.69 Å². The minimum absolute atomic E-state index is 0.0155. The Bertz CT molecular complexity index is 1230. The van der Waals surface area contributed by atoms with Crippen LogP contribution in [0.3, 0.4) is 0 Å². The number of piperidine rings is 1. The Hall–Kier alpha value is -3.61. The first-order valence-electron chi connectivity index (χ1n) is 13.1. The van der Waals surface area contributed by atoms with Crippen molar-refractivity contribution in [3.63, 3.8) is 0 Å². The molecule has 188 valence electrons. The highest BCUT2D eigenvalue weighted by Gasteiger charge is 2.31. The van der Waals surface area contributed by atoms with Crippen molar-refractivity contribution >= 4 is 23.3 Å². The van der Waals surface area contributed by atoms with Crippen LogP contribution in [0.4, 0.5) is 11.5 Å². The number of hydrogen-bond donors (Lipinski definition) is 2. The van der Waals surface area contributed by atoms with Gasteiger partial charge in [0.2, 0.25) is 11.8 Å². The lowest BCUT2D eigenvalue weighted by Crippen LogP contribution is -2.42. The number of aryl methyl sites for hydroxylation is 2. The van der Waals surface area contributed by atoms with Gasteiger partial charge in [-0.3, -0.25) is 9.59 Å². The molecule has 5 rings (SSSR count). The molecular formula is C29H35N5O2. The molecule has 2 N–H and O–H groups in total. The summed E-state index contributed by atoms with van der Waals surface area (Å²) in [4.78, 5) is 27.8. The summed E-state index contributed by atoms with van der Waals surface area (Å²) in [6.07, 6.45) is 5.13. The minimum Gasteiger partial charge on any atom is -0.355 e. The van der Waals surface area contributed by atoms with Crippen molar-refractivity contribution < 1.29 is 9.59 Å². The smallest absolute Gasteiger partial charge is 0.224 e. The van der Waals surface area contributed by atoms with Crippen LogP contribution in [0.1, 0.15) is 61.9 Å². The zero-order chi connectivity index (χ0) is 25.1. The highest BCUT2D eigenvalue weighted by atomic mass is 16.2. The normalized spacial score (nSPS) is 17.9. The molecule has 7 nitrogen and oxygen atoms in total. The van der Waals surface area contributed by atoms with Crippen LogP contribution in [0.5, 0.6) is 0 Å². The predicted molar refractivity (Wildman–Crippen MR) is 142 cm³/mol. The summed E-state index contributed by atoms with van der Waals surface area (Å²) < 4.78 is 1.92. The van der Waals surface area contributed by atoms with Gasteiger partial charge in [0.25, 0.3) is 0 Å². The summed E-state index contributed by atoms with van der Waals surface area (Å²) in [7, 11) is 0. The molecule has 7 heteroatoms. The maximum atomic E-state index is 13.3. The van der Waals surface area contributed by atoms with Crippen molar-refractivity contribution in [1.29, 1.82) is 0 Å². The molecule has 0 saturated carbocycles. The standard InChI is InChI=1S/C29H35N5O2/c1-3-26(35)31-27-20(2)32-34(23-12-5-4-6-13-23)29(27)33-18-16-22(17-19-33)28(36)30-25-15-9-11-21-10-7-8-14-24(21)25/h4-8,10,12-14,22,25H,3,9,11,15-19H2,1-2H3,(H,30,36)(H,31,35)/t25-/m0/s1. The summed E-state index contributed by atoms with van der Waals surface area (Å²) >= 11 is 0. The first-order valence-corrected chi connectivity index (χ1v) is 13.1. The van der Waals surface area contributed by atoms with Gasteiger partial charge in [-0.25, -0.2) is 4.68 Å². The molecule has 1 aliphatic carbocycles. The van der Waals surface area contributed by atoms with E-state index in [1.807, 2.05) is 48.9 Å². The van der Waals surface area contributed by atoms with Crippen LogP contribution in [0, 0.1) is 12.8 Å². The number of hydrogen-bond acceptors (Lipinski definition) is 4. The molecule has 1 fully saturated rings. The van der Waals surface area contributed by atoms with E-state index < -0.39 is 0 Å². The second kappa shape index (κ2) is 10.6. The van der Waals surface area contributed by atoms with Crippen molar-refractivity contribution in [2.75, 3.05) is 23.3 Å². The lowest BCUT2D eigenvalue weighted by Gasteiger charge is -2.35. The fraction of sp³-hybridized carbons (Fsp3) is 0.414. The van der Waals surface area contributed by atoms with E-state index in [0.717, 1.165) is 68.1 Å². The first kappa shape index (κ1) is 24.1. The predicted octanol–water partition coefficient (Wildman–Crippen LogP) is 4.94. The van der Waals surface area contributed by atoms with Crippen molar-refractivity contribution in [2.24, 2.45) is 5.92 Å². The van der Waals surface area contributed by atoms with Gasteiger partial charge in [0.1, 0.15) is 5.69 Å². The molecule has 1 aliphatic heterocycles. The molecule has 2 aliphatic rings. The van der Waals surface area contributed by atoms with Gasteiger partial charge < -0.3 is 15.5 Å². The fourth-order valence-corrected chi connectivity index (χ4v) is 5.48. The Kier molecular flexibility index (Phi) is 7.07. The first-order chi connectivity index (χ1) is 17.5. The Balaban J connectivity index is 1.32. The van der Waals surface area contributed by atoms with E-state index in [1.165, 1.54) is 11.1 Å². The largest absolute Gasteiger partial charge is 0.355 e. The third-order valence-corrected chi connectivity index (χ3v) is 7.47. The van der Waals surface area contributed by atoms with Crippen LogP contribution in [0.2, 0.25) is 0 Å².